The first-order valence-electron chi connectivity index (χ1n) is 9.11. The molecule has 1 aliphatic heterocycles. The molecule has 2 aromatic carbocycles. The smallest absolute Gasteiger partial charge is 0.243 e. The van der Waals surface area contributed by atoms with E-state index < -0.39 is 10.0 Å². The zero-order valence-corrected chi connectivity index (χ0v) is 17.2. The van der Waals surface area contributed by atoms with E-state index >= 15 is 0 Å². The summed E-state index contributed by atoms with van der Waals surface area (Å²) in [6.07, 6.45) is 2.44. The van der Waals surface area contributed by atoms with Crippen molar-refractivity contribution in [2.45, 2.75) is 36.6 Å². The number of amides is 1. The number of rotatable bonds is 6. The average Bonchev–Trinajstić information content (AvgIpc) is 2.70. The zero-order chi connectivity index (χ0) is 20.1. The van der Waals surface area contributed by atoms with Crippen LogP contribution in [0.1, 0.15) is 25.7 Å². The van der Waals surface area contributed by atoms with Gasteiger partial charge in [0.05, 0.1) is 12.0 Å². The van der Waals surface area contributed by atoms with Crippen LogP contribution in [0.3, 0.4) is 0 Å². The molecule has 1 heterocycles. The minimum absolute atomic E-state index is 0.109. The lowest BCUT2D eigenvalue weighted by atomic mass is 10.0. The summed E-state index contributed by atoms with van der Waals surface area (Å²) in [5.41, 5.74) is 0.634. The fourth-order valence-electron chi connectivity index (χ4n) is 3.34. The monoisotopic (exact) mass is 422 g/mol. The largest absolute Gasteiger partial charge is 0.497 e. The fourth-order valence-corrected chi connectivity index (χ4v) is 5.16. The highest BCUT2D eigenvalue weighted by atomic mass is 35.5. The molecular weight excluding hydrogens is 400 g/mol. The molecule has 1 saturated heterocycles. The van der Waals surface area contributed by atoms with Crippen LogP contribution in [0.2, 0.25) is 5.02 Å². The Bertz CT molecular complexity index is 914. The standard InChI is InChI=1S/C20H23ClN2O4S/c1-27-18-9-11-19(12-10-18)28(25,26)23-13-3-2-4-17(23)14-20(24)22-16-7-5-15(21)6-8-16/h5-12,17H,2-4,13-14H2,1H3,(H,22,24). The van der Waals surface area contributed by atoms with Crippen molar-refractivity contribution < 1.29 is 17.9 Å². The van der Waals surface area contributed by atoms with Crippen LogP contribution in [0, 0.1) is 0 Å². The summed E-state index contributed by atoms with van der Waals surface area (Å²) in [6.45, 7) is 0.410. The van der Waals surface area contributed by atoms with Crippen LogP contribution in [0.4, 0.5) is 5.69 Å². The quantitative estimate of drug-likeness (QED) is 0.765. The molecule has 0 radical (unpaired) electrons. The number of anilines is 1. The van der Waals surface area contributed by atoms with Gasteiger partial charge in [-0.05, 0) is 61.4 Å². The first-order chi connectivity index (χ1) is 13.4. The van der Waals surface area contributed by atoms with Crippen molar-refractivity contribution in [2.24, 2.45) is 0 Å². The number of nitrogens with one attached hydrogen (secondary N) is 1. The van der Waals surface area contributed by atoms with E-state index in [-0.39, 0.29) is 23.3 Å². The highest BCUT2D eigenvalue weighted by Crippen LogP contribution is 2.28. The maximum absolute atomic E-state index is 13.1. The number of hydrogen-bond donors (Lipinski definition) is 1. The molecule has 1 N–H and O–H groups in total. The third kappa shape index (κ3) is 4.84. The molecule has 0 spiro atoms. The molecule has 2 aromatic rings. The Hall–Kier alpha value is -2.09. The van der Waals surface area contributed by atoms with E-state index in [1.807, 2.05) is 0 Å². The SMILES string of the molecule is COc1ccc(S(=O)(=O)N2CCCCC2CC(=O)Nc2ccc(Cl)cc2)cc1. The summed E-state index contributed by atoms with van der Waals surface area (Å²) < 4.78 is 32.8. The third-order valence-electron chi connectivity index (χ3n) is 4.79. The molecule has 1 unspecified atom stereocenters. The second kappa shape index (κ2) is 8.94. The number of carbonyl (C=O) groups is 1. The normalized spacial score (nSPS) is 17.9. The number of methoxy groups -OCH3 is 1. The molecule has 3 rings (SSSR count). The molecule has 150 valence electrons. The topological polar surface area (TPSA) is 75.7 Å². The van der Waals surface area contributed by atoms with Gasteiger partial charge in [-0.15, -0.1) is 0 Å². The lowest BCUT2D eigenvalue weighted by Crippen LogP contribution is -2.45. The molecule has 8 heteroatoms. The van der Waals surface area contributed by atoms with Crippen LogP contribution < -0.4 is 10.1 Å². The van der Waals surface area contributed by atoms with E-state index in [1.165, 1.54) is 23.5 Å². The predicted molar refractivity (Wildman–Crippen MR) is 109 cm³/mol. The number of sulfonamides is 1. The first kappa shape index (κ1) is 20.6. The summed E-state index contributed by atoms with van der Waals surface area (Å²) in [5, 5.41) is 3.39. The maximum atomic E-state index is 13.1. The molecule has 0 saturated carbocycles. The van der Waals surface area contributed by atoms with E-state index in [4.69, 9.17) is 16.3 Å². The van der Waals surface area contributed by atoms with Gasteiger partial charge in [0.15, 0.2) is 0 Å². The van der Waals surface area contributed by atoms with Crippen LogP contribution in [-0.2, 0) is 14.8 Å². The van der Waals surface area contributed by atoms with Crippen molar-refractivity contribution in [1.29, 1.82) is 0 Å². The van der Waals surface area contributed by atoms with Gasteiger partial charge in [-0.2, -0.15) is 4.31 Å². The molecule has 0 bridgehead atoms. The van der Waals surface area contributed by atoms with Gasteiger partial charge >= 0.3 is 0 Å². The molecule has 1 amide bonds. The number of carbonyl (C=O) groups excluding carboxylic acids is 1. The van der Waals surface area contributed by atoms with Crippen molar-refractivity contribution in [3.63, 3.8) is 0 Å². The highest BCUT2D eigenvalue weighted by molar-refractivity contribution is 7.89. The summed E-state index contributed by atoms with van der Waals surface area (Å²) >= 11 is 5.86. The van der Waals surface area contributed by atoms with Gasteiger partial charge in [0.1, 0.15) is 5.75 Å². The van der Waals surface area contributed by atoms with Gasteiger partial charge in [0.25, 0.3) is 0 Å². The Morgan fingerprint density at radius 3 is 2.46 bits per heavy atom. The van der Waals surface area contributed by atoms with E-state index in [0.29, 0.717) is 29.4 Å². The Morgan fingerprint density at radius 2 is 1.82 bits per heavy atom. The average molecular weight is 423 g/mol. The number of benzene rings is 2. The van der Waals surface area contributed by atoms with Gasteiger partial charge in [-0.25, -0.2) is 8.42 Å². The number of halogens is 1. The Kier molecular flexibility index (Phi) is 6.59. The number of hydrogen-bond acceptors (Lipinski definition) is 4. The van der Waals surface area contributed by atoms with Crippen molar-refractivity contribution in [3.05, 3.63) is 53.6 Å². The lowest BCUT2D eigenvalue weighted by molar-refractivity contribution is -0.117. The van der Waals surface area contributed by atoms with Gasteiger partial charge in [-0.1, -0.05) is 18.0 Å². The molecule has 28 heavy (non-hydrogen) atoms. The van der Waals surface area contributed by atoms with Crippen LogP contribution in [0.5, 0.6) is 5.75 Å². The van der Waals surface area contributed by atoms with Gasteiger partial charge in [-0.3, -0.25) is 4.79 Å². The summed E-state index contributed by atoms with van der Waals surface area (Å²) in [5.74, 6) is 0.376. The fraction of sp³-hybridized carbons (Fsp3) is 0.350. The number of piperidine rings is 1. The summed E-state index contributed by atoms with van der Waals surface area (Å²) in [6, 6.07) is 12.8. The number of ether oxygens (including phenoxy) is 1. The second-order valence-corrected chi connectivity index (χ2v) is 9.03. The molecule has 0 aliphatic carbocycles. The van der Waals surface area contributed by atoms with E-state index in [0.717, 1.165) is 12.8 Å². The Morgan fingerprint density at radius 1 is 1.14 bits per heavy atom. The van der Waals surface area contributed by atoms with Gasteiger partial charge in [0, 0.05) is 29.7 Å². The van der Waals surface area contributed by atoms with Gasteiger partial charge < -0.3 is 10.1 Å². The van der Waals surface area contributed by atoms with Crippen molar-refractivity contribution in [2.75, 3.05) is 19.0 Å². The van der Waals surface area contributed by atoms with Crippen molar-refractivity contribution in [1.82, 2.24) is 4.31 Å². The zero-order valence-electron chi connectivity index (χ0n) is 15.6. The van der Waals surface area contributed by atoms with Crippen molar-refractivity contribution in [3.8, 4) is 5.75 Å². The van der Waals surface area contributed by atoms with Crippen LogP contribution in [0.15, 0.2) is 53.4 Å². The minimum Gasteiger partial charge on any atom is -0.497 e. The molecule has 1 fully saturated rings. The Balaban J connectivity index is 1.73. The predicted octanol–water partition coefficient (Wildman–Crippen LogP) is 3.92. The van der Waals surface area contributed by atoms with Crippen LogP contribution >= 0.6 is 11.6 Å². The van der Waals surface area contributed by atoms with Crippen LogP contribution in [0.25, 0.3) is 0 Å². The summed E-state index contributed by atoms with van der Waals surface area (Å²) in [7, 11) is -2.15. The van der Waals surface area contributed by atoms with E-state index in [2.05, 4.69) is 5.32 Å². The number of nitrogens with zero attached hydrogens (tertiary/aromatic N) is 1. The third-order valence-corrected chi connectivity index (χ3v) is 7.01. The molecular formula is C20H23ClN2O4S. The van der Waals surface area contributed by atoms with E-state index in [9.17, 15) is 13.2 Å². The second-order valence-electron chi connectivity index (χ2n) is 6.70. The van der Waals surface area contributed by atoms with Crippen LogP contribution in [-0.4, -0.2) is 38.3 Å². The maximum Gasteiger partial charge on any atom is 0.243 e. The first-order valence-corrected chi connectivity index (χ1v) is 10.9. The molecule has 0 aromatic heterocycles. The molecule has 6 nitrogen and oxygen atoms in total. The van der Waals surface area contributed by atoms with Gasteiger partial charge in [0.2, 0.25) is 15.9 Å². The molecule has 1 aliphatic rings. The molecule has 1 atom stereocenters. The lowest BCUT2D eigenvalue weighted by Gasteiger charge is -2.34. The Labute approximate surface area is 170 Å². The summed E-state index contributed by atoms with van der Waals surface area (Å²) in [4.78, 5) is 12.7. The van der Waals surface area contributed by atoms with E-state index in [1.54, 1.807) is 36.4 Å². The minimum atomic E-state index is -3.68. The highest BCUT2D eigenvalue weighted by Gasteiger charge is 2.34. The van der Waals surface area contributed by atoms with Crippen molar-refractivity contribution >= 4 is 33.2 Å².